The van der Waals surface area contributed by atoms with Gasteiger partial charge in [0.1, 0.15) is 0 Å². The predicted molar refractivity (Wildman–Crippen MR) is 123 cm³/mol. The van der Waals surface area contributed by atoms with Crippen molar-refractivity contribution in [1.29, 1.82) is 0 Å². The van der Waals surface area contributed by atoms with Crippen LogP contribution >= 0.6 is 11.6 Å². The molecule has 0 fully saturated rings. The summed E-state index contributed by atoms with van der Waals surface area (Å²) < 4.78 is 5.79. The Bertz CT molecular complexity index is 1060. The van der Waals surface area contributed by atoms with Crippen molar-refractivity contribution in [2.24, 2.45) is 0 Å². The highest BCUT2D eigenvalue weighted by molar-refractivity contribution is 6.33. The van der Waals surface area contributed by atoms with Crippen molar-refractivity contribution in [2.75, 3.05) is 13.1 Å². The largest absolute Gasteiger partial charge is 0.441 e. The van der Waals surface area contributed by atoms with Crippen molar-refractivity contribution >= 4 is 17.5 Å². The molecule has 1 aliphatic heterocycles. The molecule has 31 heavy (non-hydrogen) atoms. The summed E-state index contributed by atoms with van der Waals surface area (Å²) in [5, 5.41) is 3.71. The van der Waals surface area contributed by atoms with Gasteiger partial charge >= 0.3 is 0 Å². The second-order valence-electron chi connectivity index (χ2n) is 8.63. The van der Waals surface area contributed by atoms with E-state index in [0.717, 1.165) is 25.1 Å². The number of rotatable bonds is 7. The van der Waals surface area contributed by atoms with Crippen LogP contribution in [0.25, 0.3) is 11.3 Å². The van der Waals surface area contributed by atoms with E-state index in [1.54, 1.807) is 6.20 Å². The minimum absolute atomic E-state index is 0.00276. The van der Waals surface area contributed by atoms with Gasteiger partial charge in [0.25, 0.3) is 0 Å². The van der Waals surface area contributed by atoms with Crippen molar-refractivity contribution in [1.82, 2.24) is 15.2 Å². The Labute approximate surface area is 188 Å². The Morgan fingerprint density at radius 1 is 1.16 bits per heavy atom. The van der Waals surface area contributed by atoms with Crippen LogP contribution < -0.4 is 5.32 Å². The fraction of sp³-hybridized carbons (Fsp3) is 0.360. The first kappa shape index (κ1) is 21.6. The Kier molecular flexibility index (Phi) is 6.44. The number of nitrogens with zero attached hydrogens (tertiary/aromatic N) is 2. The van der Waals surface area contributed by atoms with E-state index in [4.69, 9.17) is 16.0 Å². The number of aryl methyl sites for hydroxylation is 1. The van der Waals surface area contributed by atoms with E-state index < -0.39 is 0 Å². The van der Waals surface area contributed by atoms with Gasteiger partial charge in [0.15, 0.2) is 11.7 Å². The molecule has 2 heterocycles. The third-order valence-corrected chi connectivity index (χ3v) is 6.29. The van der Waals surface area contributed by atoms with Crippen LogP contribution in [0.1, 0.15) is 37.3 Å². The molecule has 5 nitrogen and oxygen atoms in total. The summed E-state index contributed by atoms with van der Waals surface area (Å²) in [7, 11) is 0. The lowest BCUT2D eigenvalue weighted by Crippen LogP contribution is -2.53. The molecule has 1 aromatic heterocycles. The quantitative estimate of drug-likeness (QED) is 0.572. The highest BCUT2D eigenvalue weighted by Crippen LogP contribution is 2.28. The first-order valence-electron chi connectivity index (χ1n) is 10.7. The second-order valence-corrected chi connectivity index (χ2v) is 9.03. The van der Waals surface area contributed by atoms with Crippen molar-refractivity contribution in [3.8, 4) is 11.3 Å². The second kappa shape index (κ2) is 9.25. The van der Waals surface area contributed by atoms with Crippen LogP contribution in [0.4, 0.5) is 0 Å². The van der Waals surface area contributed by atoms with Crippen LogP contribution in [-0.2, 0) is 24.2 Å². The summed E-state index contributed by atoms with van der Waals surface area (Å²) in [4.78, 5) is 19.2. The minimum atomic E-state index is -0.122. The molecule has 0 saturated heterocycles. The summed E-state index contributed by atoms with van der Waals surface area (Å²) in [6, 6.07) is 16.1. The first-order chi connectivity index (χ1) is 14.9. The molecule has 1 amide bonds. The maximum Gasteiger partial charge on any atom is 0.220 e. The maximum atomic E-state index is 12.5. The van der Waals surface area contributed by atoms with E-state index in [-0.39, 0.29) is 11.4 Å². The summed E-state index contributed by atoms with van der Waals surface area (Å²) >= 11 is 6.22. The lowest BCUT2D eigenvalue weighted by molar-refractivity contribution is -0.121. The highest BCUT2D eigenvalue weighted by atomic mass is 35.5. The van der Waals surface area contributed by atoms with Crippen LogP contribution in [0.2, 0.25) is 5.02 Å². The van der Waals surface area contributed by atoms with Gasteiger partial charge in [0.05, 0.1) is 11.2 Å². The smallest absolute Gasteiger partial charge is 0.220 e. The Hall–Kier alpha value is -2.63. The molecule has 3 aromatic rings. The van der Waals surface area contributed by atoms with Crippen LogP contribution in [0.3, 0.4) is 0 Å². The molecule has 0 aliphatic carbocycles. The minimum Gasteiger partial charge on any atom is -0.441 e. The van der Waals surface area contributed by atoms with Crippen molar-refractivity contribution in [2.45, 2.75) is 45.2 Å². The normalized spacial score (nSPS) is 14.3. The SMILES string of the molecule is CC(C)(CNC(=O)CCc1ncc(-c2ccccc2Cl)o1)N1CCc2ccccc2C1. The molecule has 0 unspecified atom stereocenters. The Morgan fingerprint density at radius 3 is 2.71 bits per heavy atom. The molecule has 1 aliphatic rings. The molecule has 0 saturated carbocycles. The number of amides is 1. The van der Waals surface area contributed by atoms with Gasteiger partial charge in [0.2, 0.25) is 5.91 Å². The van der Waals surface area contributed by atoms with Crippen molar-refractivity contribution in [3.05, 3.63) is 76.8 Å². The zero-order valence-electron chi connectivity index (χ0n) is 18.0. The van der Waals surface area contributed by atoms with E-state index in [0.29, 0.717) is 36.1 Å². The zero-order chi connectivity index (χ0) is 21.8. The van der Waals surface area contributed by atoms with E-state index in [9.17, 15) is 4.79 Å². The van der Waals surface area contributed by atoms with Gasteiger partial charge in [-0.2, -0.15) is 0 Å². The molecule has 0 radical (unpaired) electrons. The molecule has 0 spiro atoms. The summed E-state index contributed by atoms with van der Waals surface area (Å²) in [5.74, 6) is 1.16. The molecular formula is C25H28ClN3O2. The number of hydrogen-bond acceptors (Lipinski definition) is 4. The maximum absolute atomic E-state index is 12.5. The number of aromatic nitrogens is 1. The fourth-order valence-corrected chi connectivity index (χ4v) is 4.19. The fourth-order valence-electron chi connectivity index (χ4n) is 3.96. The van der Waals surface area contributed by atoms with E-state index in [1.165, 1.54) is 11.1 Å². The summed E-state index contributed by atoms with van der Waals surface area (Å²) in [6.07, 6.45) is 3.49. The predicted octanol–water partition coefficient (Wildman–Crippen LogP) is 4.88. The molecule has 2 aromatic carbocycles. The third kappa shape index (κ3) is 5.17. The molecule has 6 heteroatoms. The van der Waals surface area contributed by atoms with E-state index in [1.807, 2.05) is 24.3 Å². The Balaban J connectivity index is 1.27. The number of carbonyl (C=O) groups is 1. The average Bonchev–Trinajstić information content (AvgIpc) is 3.25. The lowest BCUT2D eigenvalue weighted by Gasteiger charge is -2.41. The number of hydrogen-bond donors (Lipinski definition) is 1. The monoisotopic (exact) mass is 437 g/mol. The van der Waals surface area contributed by atoms with Gasteiger partial charge in [-0.05, 0) is 43.5 Å². The van der Waals surface area contributed by atoms with Crippen LogP contribution in [0.5, 0.6) is 0 Å². The van der Waals surface area contributed by atoms with E-state index >= 15 is 0 Å². The van der Waals surface area contributed by atoms with Gasteiger partial charge in [-0.25, -0.2) is 4.98 Å². The average molecular weight is 438 g/mol. The Morgan fingerprint density at radius 2 is 1.90 bits per heavy atom. The molecule has 1 N–H and O–H groups in total. The molecule has 0 bridgehead atoms. The van der Waals surface area contributed by atoms with Crippen molar-refractivity contribution in [3.63, 3.8) is 0 Å². The van der Waals surface area contributed by atoms with Gasteiger partial charge in [-0.3, -0.25) is 9.69 Å². The van der Waals surface area contributed by atoms with Gasteiger partial charge < -0.3 is 9.73 Å². The van der Waals surface area contributed by atoms with Gasteiger partial charge in [0, 0.05) is 43.6 Å². The molecule has 0 atom stereocenters. The third-order valence-electron chi connectivity index (χ3n) is 5.96. The van der Waals surface area contributed by atoms with Gasteiger partial charge in [-0.1, -0.05) is 48.0 Å². The first-order valence-corrected chi connectivity index (χ1v) is 11.1. The van der Waals surface area contributed by atoms with Crippen LogP contribution in [0, 0.1) is 0 Å². The number of oxazole rings is 1. The lowest BCUT2D eigenvalue weighted by atomic mass is 9.94. The number of nitrogens with one attached hydrogen (secondary N) is 1. The summed E-state index contributed by atoms with van der Waals surface area (Å²) in [6.45, 7) is 6.89. The number of benzene rings is 2. The van der Waals surface area contributed by atoms with Crippen molar-refractivity contribution < 1.29 is 9.21 Å². The molecular weight excluding hydrogens is 410 g/mol. The number of halogens is 1. The van der Waals surface area contributed by atoms with Crippen LogP contribution in [0.15, 0.2) is 59.1 Å². The van der Waals surface area contributed by atoms with E-state index in [2.05, 4.69) is 53.3 Å². The molecule has 4 rings (SSSR count). The highest BCUT2D eigenvalue weighted by Gasteiger charge is 2.30. The number of carbonyl (C=O) groups excluding carboxylic acids is 1. The zero-order valence-corrected chi connectivity index (χ0v) is 18.8. The number of fused-ring (bicyclic) bond motifs is 1. The van der Waals surface area contributed by atoms with Gasteiger partial charge in [-0.15, -0.1) is 0 Å². The molecule has 162 valence electrons. The summed E-state index contributed by atoms with van der Waals surface area (Å²) in [5.41, 5.74) is 3.49. The standard InChI is InChI=1S/C25H28ClN3O2/c1-25(2,29-14-13-18-7-3-4-8-19(18)16-29)17-28-23(30)11-12-24-27-15-22(31-24)20-9-5-6-10-21(20)26/h3-10,15H,11-14,16-17H2,1-2H3,(H,28,30). The topological polar surface area (TPSA) is 58.4 Å². The van der Waals surface area contributed by atoms with Crippen LogP contribution in [-0.4, -0.2) is 34.4 Å².